The second kappa shape index (κ2) is 5.15. The second-order valence-corrected chi connectivity index (χ2v) is 9.46. The summed E-state index contributed by atoms with van der Waals surface area (Å²) in [7, 11) is 0. The Kier molecular flexibility index (Phi) is 3.59. The minimum atomic E-state index is -0.474. The van der Waals surface area contributed by atoms with Crippen molar-refractivity contribution in [1.29, 1.82) is 0 Å². The molecule has 24 heavy (non-hydrogen) atoms. The van der Waals surface area contributed by atoms with Crippen LogP contribution in [-0.4, -0.2) is 40.4 Å². The van der Waals surface area contributed by atoms with E-state index in [9.17, 15) is 20.1 Å². The van der Waals surface area contributed by atoms with E-state index in [1.807, 2.05) is 6.08 Å². The van der Waals surface area contributed by atoms with E-state index in [0.29, 0.717) is 12.8 Å². The Balaban J connectivity index is 1.84. The zero-order valence-electron chi connectivity index (χ0n) is 14.8. The topological polar surface area (TPSA) is 77.8 Å². The van der Waals surface area contributed by atoms with Crippen LogP contribution in [0.25, 0.3) is 0 Å². The fourth-order valence-corrected chi connectivity index (χ4v) is 7.06. The maximum Gasteiger partial charge on any atom is 0.159 e. The van der Waals surface area contributed by atoms with Crippen molar-refractivity contribution in [2.45, 2.75) is 58.5 Å². The van der Waals surface area contributed by atoms with Gasteiger partial charge in [-0.2, -0.15) is 0 Å². The third-order valence-corrected chi connectivity index (χ3v) is 8.33. The van der Waals surface area contributed by atoms with Gasteiger partial charge in [-0.25, -0.2) is 0 Å². The molecule has 4 aliphatic rings. The Bertz CT molecular complexity index is 598. The lowest BCUT2D eigenvalue weighted by Crippen LogP contribution is -2.58. The first kappa shape index (κ1) is 16.7. The summed E-state index contributed by atoms with van der Waals surface area (Å²) in [4.78, 5) is 12.7. The van der Waals surface area contributed by atoms with E-state index in [4.69, 9.17) is 0 Å². The molecule has 4 rings (SSSR count). The molecular formula is C20H30O4. The fraction of sp³-hybridized carbons (Fsp3) is 0.850. The summed E-state index contributed by atoms with van der Waals surface area (Å²) in [5.74, 6) is 0.200. The van der Waals surface area contributed by atoms with Crippen molar-refractivity contribution in [3.63, 3.8) is 0 Å². The van der Waals surface area contributed by atoms with Gasteiger partial charge in [0.05, 0.1) is 6.10 Å². The fourth-order valence-electron chi connectivity index (χ4n) is 7.06. The van der Waals surface area contributed by atoms with Gasteiger partial charge in [0, 0.05) is 24.5 Å². The number of hydrogen-bond donors (Lipinski definition) is 3. The Labute approximate surface area is 144 Å². The van der Waals surface area contributed by atoms with Crippen molar-refractivity contribution in [3.05, 3.63) is 11.6 Å². The summed E-state index contributed by atoms with van der Waals surface area (Å²) in [5.41, 5.74) is 0.492. The molecule has 2 bridgehead atoms. The van der Waals surface area contributed by atoms with Gasteiger partial charge in [-0.1, -0.05) is 25.8 Å². The van der Waals surface area contributed by atoms with Crippen molar-refractivity contribution in [1.82, 2.24) is 0 Å². The molecule has 134 valence electrons. The summed E-state index contributed by atoms with van der Waals surface area (Å²) in [6.07, 6.45) is 6.54. The van der Waals surface area contributed by atoms with E-state index in [1.165, 1.54) is 0 Å². The molecule has 3 saturated carbocycles. The van der Waals surface area contributed by atoms with Crippen LogP contribution in [0.2, 0.25) is 0 Å². The number of aliphatic hydroxyl groups is 3. The molecule has 0 aliphatic heterocycles. The lowest BCUT2D eigenvalue weighted by atomic mass is 9.43. The van der Waals surface area contributed by atoms with Crippen LogP contribution in [0.3, 0.4) is 0 Å². The van der Waals surface area contributed by atoms with Crippen LogP contribution < -0.4 is 0 Å². The number of fused-ring (bicyclic) bond motifs is 3. The predicted octanol–water partition coefficient (Wildman–Crippen LogP) is 2.07. The molecule has 4 aliphatic carbocycles. The Morgan fingerprint density at radius 2 is 1.96 bits per heavy atom. The van der Waals surface area contributed by atoms with Gasteiger partial charge in [-0.15, -0.1) is 0 Å². The smallest absolute Gasteiger partial charge is 0.159 e. The Morgan fingerprint density at radius 1 is 1.21 bits per heavy atom. The number of allylic oxidation sites excluding steroid dienone is 1. The summed E-state index contributed by atoms with van der Waals surface area (Å²) in [5, 5.41) is 30.9. The summed E-state index contributed by atoms with van der Waals surface area (Å²) < 4.78 is 0. The van der Waals surface area contributed by atoms with Crippen LogP contribution in [0.4, 0.5) is 0 Å². The van der Waals surface area contributed by atoms with Gasteiger partial charge in [0.1, 0.15) is 0 Å². The van der Waals surface area contributed by atoms with Crippen LogP contribution in [-0.2, 0) is 4.79 Å². The predicted molar refractivity (Wildman–Crippen MR) is 90.1 cm³/mol. The summed E-state index contributed by atoms with van der Waals surface area (Å²) in [6, 6.07) is 0. The average Bonchev–Trinajstić information content (AvgIpc) is 2.90. The molecule has 1 spiro atoms. The van der Waals surface area contributed by atoms with Crippen LogP contribution in [0.1, 0.15) is 52.4 Å². The Hall–Kier alpha value is -0.710. The van der Waals surface area contributed by atoms with Crippen LogP contribution in [0, 0.1) is 34.0 Å². The molecule has 0 saturated heterocycles. The molecule has 7 atom stereocenters. The highest BCUT2D eigenvalue weighted by Crippen LogP contribution is 2.70. The molecule has 0 aromatic rings. The van der Waals surface area contributed by atoms with Crippen molar-refractivity contribution >= 4 is 5.78 Å². The van der Waals surface area contributed by atoms with E-state index in [1.54, 1.807) is 0 Å². The number of carbonyl (C=O) groups excluding carboxylic acids is 1. The van der Waals surface area contributed by atoms with E-state index in [0.717, 1.165) is 31.3 Å². The lowest BCUT2D eigenvalue weighted by Gasteiger charge is -2.62. The average molecular weight is 334 g/mol. The number of ketones is 1. The molecule has 0 aromatic heterocycles. The van der Waals surface area contributed by atoms with Crippen LogP contribution in [0.15, 0.2) is 11.6 Å². The summed E-state index contributed by atoms with van der Waals surface area (Å²) >= 11 is 0. The standard InChI is InChI=1S/C20H30O4/c1-18(11-22)4-3-5-19(2)15(18)7-17(24)20-8-12(10-21)13(9-20)14(23)6-16(19)20/h6,12-13,15,17,21-22,24H,3-5,7-11H2,1-2H3. The second-order valence-electron chi connectivity index (χ2n) is 9.46. The van der Waals surface area contributed by atoms with Crippen molar-refractivity contribution in [2.75, 3.05) is 13.2 Å². The number of rotatable bonds is 2. The first-order valence-corrected chi connectivity index (χ1v) is 9.47. The van der Waals surface area contributed by atoms with E-state index >= 15 is 0 Å². The maximum atomic E-state index is 12.7. The number of hydrogen-bond acceptors (Lipinski definition) is 4. The largest absolute Gasteiger partial charge is 0.396 e. The third-order valence-electron chi connectivity index (χ3n) is 8.33. The molecule has 3 fully saturated rings. The van der Waals surface area contributed by atoms with Crippen LogP contribution >= 0.6 is 0 Å². The van der Waals surface area contributed by atoms with Gasteiger partial charge in [-0.05, 0) is 60.8 Å². The first-order chi connectivity index (χ1) is 11.3. The normalized spacial score (nSPS) is 53.4. The van der Waals surface area contributed by atoms with Gasteiger partial charge in [-0.3, -0.25) is 4.79 Å². The SMILES string of the molecule is CC1(CO)CCCC2(C)C3=CC(=O)C4CC3(CC4CO)C(O)CC12. The monoisotopic (exact) mass is 334 g/mol. The van der Waals surface area contributed by atoms with Gasteiger partial charge >= 0.3 is 0 Å². The van der Waals surface area contributed by atoms with E-state index in [2.05, 4.69) is 13.8 Å². The van der Waals surface area contributed by atoms with Crippen LogP contribution in [0.5, 0.6) is 0 Å². The highest BCUT2D eigenvalue weighted by Gasteiger charge is 2.66. The molecule has 0 amide bonds. The van der Waals surface area contributed by atoms with Crippen molar-refractivity contribution < 1.29 is 20.1 Å². The summed E-state index contributed by atoms with van der Waals surface area (Å²) in [6.45, 7) is 4.56. The molecule has 0 aromatic carbocycles. The van der Waals surface area contributed by atoms with E-state index < -0.39 is 6.10 Å². The quantitative estimate of drug-likeness (QED) is 0.722. The van der Waals surface area contributed by atoms with Gasteiger partial charge in [0.2, 0.25) is 0 Å². The highest BCUT2D eigenvalue weighted by molar-refractivity contribution is 5.95. The molecule has 3 N–H and O–H groups in total. The lowest BCUT2D eigenvalue weighted by molar-refractivity contribution is -0.128. The molecular weight excluding hydrogens is 304 g/mol. The van der Waals surface area contributed by atoms with Gasteiger partial charge < -0.3 is 15.3 Å². The van der Waals surface area contributed by atoms with Crippen molar-refractivity contribution in [3.8, 4) is 0 Å². The number of carbonyl (C=O) groups is 1. The zero-order chi connectivity index (χ0) is 17.3. The molecule has 4 nitrogen and oxygen atoms in total. The number of aliphatic hydroxyl groups excluding tert-OH is 3. The highest BCUT2D eigenvalue weighted by atomic mass is 16.3. The van der Waals surface area contributed by atoms with Gasteiger partial charge in [0.15, 0.2) is 5.78 Å². The third kappa shape index (κ3) is 1.88. The molecule has 7 unspecified atom stereocenters. The molecule has 4 heteroatoms. The first-order valence-electron chi connectivity index (χ1n) is 9.47. The molecule has 0 heterocycles. The zero-order valence-corrected chi connectivity index (χ0v) is 14.8. The van der Waals surface area contributed by atoms with E-state index in [-0.39, 0.29) is 53.0 Å². The minimum absolute atomic E-state index is 0.0196. The Morgan fingerprint density at radius 3 is 2.62 bits per heavy atom. The van der Waals surface area contributed by atoms with Gasteiger partial charge in [0.25, 0.3) is 0 Å². The molecule has 0 radical (unpaired) electrons. The minimum Gasteiger partial charge on any atom is -0.396 e. The maximum absolute atomic E-state index is 12.7. The van der Waals surface area contributed by atoms with Crippen molar-refractivity contribution in [2.24, 2.45) is 34.0 Å².